The molecule has 0 saturated heterocycles. The van der Waals surface area contributed by atoms with E-state index in [1.165, 1.54) is 24.0 Å². The Labute approximate surface area is 118 Å². The maximum atomic E-state index is 6.13. The van der Waals surface area contributed by atoms with Gasteiger partial charge in [-0.1, -0.05) is 11.6 Å². The number of hydrogen-bond acceptors (Lipinski definition) is 2. The van der Waals surface area contributed by atoms with Gasteiger partial charge in [0, 0.05) is 36.0 Å². The third-order valence-corrected chi connectivity index (χ3v) is 4.67. The van der Waals surface area contributed by atoms with Crippen LogP contribution in [0.3, 0.4) is 0 Å². The summed E-state index contributed by atoms with van der Waals surface area (Å²) in [6.45, 7) is 2.56. The molecule has 0 aromatic heterocycles. The van der Waals surface area contributed by atoms with Crippen LogP contribution in [0.5, 0.6) is 5.75 Å². The van der Waals surface area contributed by atoms with Gasteiger partial charge in [0.25, 0.3) is 0 Å². The summed E-state index contributed by atoms with van der Waals surface area (Å²) in [5, 5.41) is 4.29. The summed E-state index contributed by atoms with van der Waals surface area (Å²) < 4.78 is 5.68. The second-order valence-corrected chi connectivity index (χ2v) is 6.09. The Kier molecular flexibility index (Phi) is 3.44. The van der Waals surface area contributed by atoms with Gasteiger partial charge in [-0.05, 0) is 36.0 Å². The van der Waals surface area contributed by atoms with E-state index in [0.717, 1.165) is 42.8 Å². The van der Waals surface area contributed by atoms with Crippen molar-refractivity contribution in [1.29, 1.82) is 0 Å². The maximum Gasteiger partial charge on any atom is 0.127 e. The number of nitrogens with one attached hydrogen (secondary N) is 1. The molecule has 4 heteroatoms. The molecule has 0 atom stereocenters. The minimum absolute atomic E-state index is 0.351. The fraction of sp³-hybridized carbons (Fsp3) is 0.571. The maximum absolute atomic E-state index is 6.13. The van der Waals surface area contributed by atoms with E-state index < -0.39 is 0 Å². The van der Waals surface area contributed by atoms with Crippen LogP contribution < -0.4 is 10.1 Å². The molecule has 2 aliphatic rings. The molecule has 1 N–H and O–H groups in total. The minimum atomic E-state index is 0.351. The molecule has 0 spiro atoms. The van der Waals surface area contributed by atoms with Gasteiger partial charge in [-0.2, -0.15) is 0 Å². The Hall–Kier alpha value is -0.440. The van der Waals surface area contributed by atoms with Crippen molar-refractivity contribution in [1.82, 2.24) is 5.32 Å². The molecule has 1 aliphatic carbocycles. The molecule has 3 rings (SSSR count). The number of ether oxygens (including phenoxy) is 1. The summed E-state index contributed by atoms with van der Waals surface area (Å²) in [4.78, 5) is 0. The lowest BCUT2D eigenvalue weighted by Gasteiger charge is -2.14. The summed E-state index contributed by atoms with van der Waals surface area (Å²) in [6.07, 6.45) is 3.45. The first-order valence-electron chi connectivity index (χ1n) is 6.43. The van der Waals surface area contributed by atoms with Gasteiger partial charge in [0.05, 0.1) is 6.61 Å². The standard InChI is InChI=1S/C14H17Cl2NO/c15-8-14(2-3-14)9-17-7-11-6-12(16)5-10-1-4-18-13(10)11/h5-6,17H,1-4,7-9H2. The first-order valence-corrected chi connectivity index (χ1v) is 7.34. The summed E-state index contributed by atoms with van der Waals surface area (Å²) in [5.41, 5.74) is 2.75. The van der Waals surface area contributed by atoms with Crippen molar-refractivity contribution in [2.45, 2.75) is 25.8 Å². The molecular weight excluding hydrogens is 269 g/mol. The van der Waals surface area contributed by atoms with E-state index >= 15 is 0 Å². The number of alkyl halides is 1. The first-order chi connectivity index (χ1) is 8.72. The van der Waals surface area contributed by atoms with E-state index in [0.29, 0.717) is 5.41 Å². The van der Waals surface area contributed by atoms with Crippen LogP contribution in [0.2, 0.25) is 5.02 Å². The van der Waals surface area contributed by atoms with Crippen LogP contribution in [0, 0.1) is 5.41 Å². The number of halogens is 2. The molecule has 1 heterocycles. The Morgan fingerprint density at radius 1 is 1.33 bits per heavy atom. The molecule has 1 aromatic carbocycles. The molecule has 1 saturated carbocycles. The molecule has 0 amide bonds. The van der Waals surface area contributed by atoms with Crippen molar-refractivity contribution in [3.63, 3.8) is 0 Å². The molecule has 1 aliphatic heterocycles. The van der Waals surface area contributed by atoms with Gasteiger partial charge in [0.2, 0.25) is 0 Å². The molecule has 18 heavy (non-hydrogen) atoms. The summed E-state index contributed by atoms with van der Waals surface area (Å²) in [6, 6.07) is 4.01. The zero-order chi connectivity index (χ0) is 12.6. The number of hydrogen-bond donors (Lipinski definition) is 1. The van der Waals surface area contributed by atoms with Crippen molar-refractivity contribution in [3.05, 3.63) is 28.3 Å². The highest BCUT2D eigenvalue weighted by Crippen LogP contribution is 2.46. The molecule has 1 aromatic rings. The zero-order valence-corrected chi connectivity index (χ0v) is 11.8. The van der Waals surface area contributed by atoms with Crippen LogP contribution in [-0.2, 0) is 13.0 Å². The SMILES string of the molecule is ClCC1(CNCc2cc(Cl)cc3c2OCC3)CC1. The van der Waals surface area contributed by atoms with Gasteiger partial charge in [-0.25, -0.2) is 0 Å². The van der Waals surface area contributed by atoms with Gasteiger partial charge in [-0.15, -0.1) is 11.6 Å². The Morgan fingerprint density at radius 3 is 2.89 bits per heavy atom. The third kappa shape index (κ3) is 2.47. The van der Waals surface area contributed by atoms with E-state index in [-0.39, 0.29) is 0 Å². The number of benzene rings is 1. The summed E-state index contributed by atoms with van der Waals surface area (Å²) in [7, 11) is 0. The van der Waals surface area contributed by atoms with Crippen molar-refractivity contribution >= 4 is 23.2 Å². The van der Waals surface area contributed by atoms with Crippen LogP contribution in [0.15, 0.2) is 12.1 Å². The highest BCUT2D eigenvalue weighted by molar-refractivity contribution is 6.30. The largest absolute Gasteiger partial charge is 0.493 e. The van der Waals surface area contributed by atoms with E-state index in [4.69, 9.17) is 27.9 Å². The average molecular weight is 286 g/mol. The van der Waals surface area contributed by atoms with E-state index in [1.807, 2.05) is 12.1 Å². The first kappa shape index (κ1) is 12.6. The fourth-order valence-electron chi connectivity index (χ4n) is 2.47. The van der Waals surface area contributed by atoms with E-state index in [9.17, 15) is 0 Å². The molecule has 0 unspecified atom stereocenters. The van der Waals surface area contributed by atoms with E-state index in [1.54, 1.807) is 0 Å². The predicted molar refractivity (Wildman–Crippen MR) is 74.7 cm³/mol. The van der Waals surface area contributed by atoms with Gasteiger partial charge >= 0.3 is 0 Å². The van der Waals surface area contributed by atoms with Gasteiger partial charge < -0.3 is 10.1 Å². The topological polar surface area (TPSA) is 21.3 Å². The van der Waals surface area contributed by atoms with Crippen LogP contribution in [0.4, 0.5) is 0 Å². The molecule has 98 valence electrons. The van der Waals surface area contributed by atoms with Crippen LogP contribution >= 0.6 is 23.2 Å². The zero-order valence-electron chi connectivity index (χ0n) is 10.3. The minimum Gasteiger partial charge on any atom is -0.493 e. The summed E-state index contributed by atoms with van der Waals surface area (Å²) >= 11 is 12.1. The van der Waals surface area contributed by atoms with Crippen molar-refractivity contribution < 1.29 is 4.74 Å². The Balaban J connectivity index is 1.66. The molecule has 2 nitrogen and oxygen atoms in total. The second-order valence-electron chi connectivity index (χ2n) is 5.39. The van der Waals surface area contributed by atoms with E-state index in [2.05, 4.69) is 5.32 Å². The molecule has 0 bridgehead atoms. The highest BCUT2D eigenvalue weighted by Gasteiger charge is 2.41. The Bertz CT molecular complexity index is 457. The van der Waals surface area contributed by atoms with Crippen LogP contribution in [0.25, 0.3) is 0 Å². The predicted octanol–water partition coefficient (Wildman–Crippen LogP) is 3.38. The lowest BCUT2D eigenvalue weighted by molar-refractivity contribution is 0.351. The average Bonchev–Trinajstić information content (AvgIpc) is 2.98. The smallest absolute Gasteiger partial charge is 0.127 e. The summed E-state index contributed by atoms with van der Waals surface area (Å²) in [5.74, 6) is 1.78. The van der Waals surface area contributed by atoms with Crippen molar-refractivity contribution in [3.8, 4) is 5.75 Å². The fourth-order valence-corrected chi connectivity index (χ4v) is 3.10. The van der Waals surface area contributed by atoms with Crippen molar-refractivity contribution in [2.24, 2.45) is 5.41 Å². The monoisotopic (exact) mass is 285 g/mol. The van der Waals surface area contributed by atoms with Crippen LogP contribution in [0.1, 0.15) is 24.0 Å². The second kappa shape index (κ2) is 4.92. The van der Waals surface area contributed by atoms with Gasteiger partial charge in [0.1, 0.15) is 5.75 Å². The Morgan fingerprint density at radius 2 is 2.17 bits per heavy atom. The third-order valence-electron chi connectivity index (χ3n) is 3.88. The molecular formula is C14H17Cl2NO. The normalized spacial score (nSPS) is 19.4. The van der Waals surface area contributed by atoms with Gasteiger partial charge in [-0.3, -0.25) is 0 Å². The lowest BCUT2D eigenvalue weighted by atomic mass is 10.1. The highest BCUT2D eigenvalue weighted by atomic mass is 35.5. The van der Waals surface area contributed by atoms with Gasteiger partial charge in [0.15, 0.2) is 0 Å². The number of rotatable bonds is 5. The van der Waals surface area contributed by atoms with Crippen LogP contribution in [-0.4, -0.2) is 19.0 Å². The molecule has 1 fully saturated rings. The lowest BCUT2D eigenvalue weighted by Crippen LogP contribution is -2.24. The van der Waals surface area contributed by atoms with Crippen molar-refractivity contribution in [2.75, 3.05) is 19.0 Å². The quantitative estimate of drug-likeness (QED) is 0.838. The molecule has 0 radical (unpaired) electrons. The number of fused-ring (bicyclic) bond motifs is 1.